The number of methoxy groups -OCH3 is 1. The summed E-state index contributed by atoms with van der Waals surface area (Å²) in [5, 5.41) is 4.59. The van der Waals surface area contributed by atoms with Gasteiger partial charge < -0.3 is 4.74 Å². The van der Waals surface area contributed by atoms with E-state index < -0.39 is 10.0 Å². The Kier molecular flexibility index (Phi) is 6.16. The number of ether oxygens (including phenoxy) is 1. The SMILES string of the molecule is COc1ccccc1CCNS(=O)(=O)c1cn(-c2ccccc2)nc1-c1ccccc1. The van der Waals surface area contributed by atoms with Crippen LogP contribution < -0.4 is 9.46 Å². The van der Waals surface area contributed by atoms with Gasteiger partial charge in [-0.25, -0.2) is 17.8 Å². The van der Waals surface area contributed by atoms with Crippen LogP contribution in [0.5, 0.6) is 5.75 Å². The van der Waals surface area contributed by atoms with Crippen molar-refractivity contribution in [3.8, 4) is 22.7 Å². The fourth-order valence-corrected chi connectivity index (χ4v) is 4.55. The number of para-hydroxylation sites is 2. The van der Waals surface area contributed by atoms with Gasteiger partial charge in [-0.3, -0.25) is 0 Å². The molecule has 31 heavy (non-hydrogen) atoms. The number of aromatic nitrogens is 2. The molecule has 1 aromatic heterocycles. The summed E-state index contributed by atoms with van der Waals surface area (Å²) in [7, 11) is -2.19. The molecule has 0 aliphatic carbocycles. The zero-order chi connectivity index (χ0) is 21.7. The van der Waals surface area contributed by atoms with Gasteiger partial charge in [0.25, 0.3) is 0 Å². The molecule has 6 nitrogen and oxygen atoms in total. The lowest BCUT2D eigenvalue weighted by Crippen LogP contribution is -2.26. The van der Waals surface area contributed by atoms with Crippen LogP contribution in [0.4, 0.5) is 0 Å². The van der Waals surface area contributed by atoms with Crippen LogP contribution in [0.15, 0.2) is 96.0 Å². The molecule has 0 bridgehead atoms. The number of nitrogens with zero attached hydrogens (tertiary/aromatic N) is 2. The van der Waals surface area contributed by atoms with Crippen LogP contribution in [0.1, 0.15) is 5.56 Å². The van der Waals surface area contributed by atoms with Crippen molar-refractivity contribution in [1.29, 1.82) is 0 Å². The van der Waals surface area contributed by atoms with Crippen molar-refractivity contribution < 1.29 is 13.2 Å². The summed E-state index contributed by atoms with van der Waals surface area (Å²) < 4.78 is 36.1. The first-order chi connectivity index (χ1) is 15.1. The highest BCUT2D eigenvalue weighted by Crippen LogP contribution is 2.27. The highest BCUT2D eigenvalue weighted by atomic mass is 32.2. The van der Waals surface area contributed by atoms with Crippen LogP contribution >= 0.6 is 0 Å². The smallest absolute Gasteiger partial charge is 0.244 e. The maximum Gasteiger partial charge on any atom is 0.244 e. The number of benzene rings is 3. The molecule has 0 aliphatic rings. The molecule has 0 spiro atoms. The van der Waals surface area contributed by atoms with Crippen molar-refractivity contribution in [3.63, 3.8) is 0 Å². The number of nitrogens with one attached hydrogen (secondary N) is 1. The van der Waals surface area contributed by atoms with Crippen LogP contribution in [0, 0.1) is 0 Å². The molecule has 1 heterocycles. The first kappa shape index (κ1) is 20.8. The quantitative estimate of drug-likeness (QED) is 0.455. The van der Waals surface area contributed by atoms with Crippen molar-refractivity contribution in [3.05, 3.63) is 96.7 Å². The average molecular weight is 434 g/mol. The number of hydrogen-bond donors (Lipinski definition) is 1. The minimum Gasteiger partial charge on any atom is -0.496 e. The minimum absolute atomic E-state index is 0.141. The summed E-state index contributed by atoms with van der Waals surface area (Å²) in [5.41, 5.74) is 2.88. The zero-order valence-electron chi connectivity index (χ0n) is 17.1. The Morgan fingerprint density at radius 2 is 1.55 bits per heavy atom. The fourth-order valence-electron chi connectivity index (χ4n) is 3.37. The van der Waals surface area contributed by atoms with Crippen LogP contribution in [-0.4, -0.2) is 31.9 Å². The fraction of sp³-hybridized carbons (Fsp3) is 0.125. The van der Waals surface area contributed by atoms with E-state index >= 15 is 0 Å². The molecule has 0 saturated heterocycles. The van der Waals surface area contributed by atoms with Crippen molar-refractivity contribution in [2.24, 2.45) is 0 Å². The summed E-state index contributed by atoms with van der Waals surface area (Å²) >= 11 is 0. The maximum absolute atomic E-state index is 13.2. The molecular formula is C24H23N3O3S. The molecular weight excluding hydrogens is 410 g/mol. The topological polar surface area (TPSA) is 73.2 Å². The second-order valence-corrected chi connectivity index (χ2v) is 8.68. The molecule has 0 atom stereocenters. The van der Waals surface area contributed by atoms with E-state index in [1.807, 2.05) is 84.9 Å². The van der Waals surface area contributed by atoms with Crippen molar-refractivity contribution >= 4 is 10.0 Å². The number of sulfonamides is 1. The van der Waals surface area contributed by atoms with Gasteiger partial charge >= 0.3 is 0 Å². The highest BCUT2D eigenvalue weighted by Gasteiger charge is 2.24. The Hall–Kier alpha value is -3.42. The molecule has 0 radical (unpaired) electrons. The van der Waals surface area contributed by atoms with Gasteiger partial charge in [-0.1, -0.05) is 66.7 Å². The number of rotatable bonds is 8. The monoisotopic (exact) mass is 433 g/mol. The largest absolute Gasteiger partial charge is 0.496 e. The van der Waals surface area contributed by atoms with Crippen LogP contribution in [0.2, 0.25) is 0 Å². The van der Waals surface area contributed by atoms with Crippen LogP contribution in [-0.2, 0) is 16.4 Å². The Morgan fingerprint density at radius 1 is 0.903 bits per heavy atom. The lowest BCUT2D eigenvalue weighted by Gasteiger charge is -2.09. The Labute approximate surface area is 182 Å². The summed E-state index contributed by atoms with van der Waals surface area (Å²) in [6, 6.07) is 26.3. The lowest BCUT2D eigenvalue weighted by atomic mass is 10.1. The average Bonchev–Trinajstić information content (AvgIpc) is 3.27. The summed E-state index contributed by atoms with van der Waals surface area (Å²) in [5.74, 6) is 0.739. The normalized spacial score (nSPS) is 11.4. The Bertz CT molecular complexity index is 1250. The Morgan fingerprint density at radius 3 is 2.26 bits per heavy atom. The maximum atomic E-state index is 13.2. The standard InChI is InChI=1S/C24H23N3O3S/c1-30-22-15-9-8-10-19(22)16-17-25-31(28,29)23-18-27(21-13-6-3-7-14-21)26-24(23)20-11-4-2-5-12-20/h2-15,18,25H,16-17H2,1H3. The number of hydrogen-bond acceptors (Lipinski definition) is 4. The zero-order valence-corrected chi connectivity index (χ0v) is 17.9. The van der Waals surface area contributed by atoms with Gasteiger partial charge in [0.1, 0.15) is 16.3 Å². The Balaban J connectivity index is 1.64. The molecule has 1 N–H and O–H groups in total. The van der Waals surface area contributed by atoms with E-state index in [-0.39, 0.29) is 11.4 Å². The van der Waals surface area contributed by atoms with Crippen molar-refractivity contribution in [2.75, 3.05) is 13.7 Å². The highest BCUT2D eigenvalue weighted by molar-refractivity contribution is 7.89. The van der Waals surface area contributed by atoms with E-state index in [9.17, 15) is 8.42 Å². The molecule has 7 heteroatoms. The summed E-state index contributed by atoms with van der Waals surface area (Å²) in [4.78, 5) is 0.141. The molecule has 4 rings (SSSR count). The van der Waals surface area contributed by atoms with Gasteiger partial charge in [0.05, 0.1) is 19.0 Å². The second kappa shape index (κ2) is 9.16. The minimum atomic E-state index is -3.79. The lowest BCUT2D eigenvalue weighted by molar-refractivity contribution is 0.409. The van der Waals surface area contributed by atoms with Crippen LogP contribution in [0.25, 0.3) is 16.9 Å². The molecule has 4 aromatic rings. The summed E-state index contributed by atoms with van der Waals surface area (Å²) in [6.07, 6.45) is 2.07. The molecule has 0 saturated carbocycles. The van der Waals surface area contributed by atoms with Gasteiger partial charge in [-0.05, 0) is 30.2 Å². The van der Waals surface area contributed by atoms with Crippen LogP contribution in [0.3, 0.4) is 0 Å². The van der Waals surface area contributed by atoms with Gasteiger partial charge in [0, 0.05) is 12.1 Å². The summed E-state index contributed by atoms with van der Waals surface area (Å²) in [6.45, 7) is 0.244. The third-order valence-corrected chi connectivity index (χ3v) is 6.38. The second-order valence-electron chi connectivity index (χ2n) is 6.95. The van der Waals surface area contributed by atoms with E-state index in [1.54, 1.807) is 18.0 Å². The molecule has 0 fully saturated rings. The van der Waals surface area contributed by atoms with E-state index in [2.05, 4.69) is 9.82 Å². The van der Waals surface area contributed by atoms with E-state index in [4.69, 9.17) is 4.74 Å². The van der Waals surface area contributed by atoms with Gasteiger partial charge in [-0.2, -0.15) is 5.10 Å². The predicted molar refractivity (Wildman–Crippen MR) is 121 cm³/mol. The van der Waals surface area contributed by atoms with Crippen molar-refractivity contribution in [1.82, 2.24) is 14.5 Å². The molecule has 0 aliphatic heterocycles. The third-order valence-electron chi connectivity index (χ3n) is 4.92. The van der Waals surface area contributed by atoms with Gasteiger partial charge in [0.15, 0.2) is 0 Å². The first-order valence-electron chi connectivity index (χ1n) is 9.90. The molecule has 0 unspecified atom stereocenters. The van der Waals surface area contributed by atoms with E-state index in [0.29, 0.717) is 12.1 Å². The van der Waals surface area contributed by atoms with E-state index in [1.165, 1.54) is 0 Å². The van der Waals surface area contributed by atoms with Crippen molar-refractivity contribution in [2.45, 2.75) is 11.3 Å². The molecule has 158 valence electrons. The van der Waals surface area contributed by atoms with Gasteiger partial charge in [0.2, 0.25) is 10.0 Å². The first-order valence-corrected chi connectivity index (χ1v) is 11.4. The molecule has 0 amide bonds. The van der Waals surface area contributed by atoms with E-state index in [0.717, 1.165) is 22.6 Å². The molecule has 3 aromatic carbocycles. The van der Waals surface area contributed by atoms with Gasteiger partial charge in [-0.15, -0.1) is 0 Å². The predicted octanol–water partition coefficient (Wildman–Crippen LogP) is 4.07. The third kappa shape index (κ3) is 4.68.